The number of ether oxygens (including phenoxy) is 1. The summed E-state index contributed by atoms with van der Waals surface area (Å²) in [5.41, 5.74) is 1.65. The molecule has 4 nitrogen and oxygen atoms in total. The normalized spacial score (nSPS) is 21.8. The zero-order valence-electron chi connectivity index (χ0n) is 11.4. The molecule has 1 aromatic rings. The molecular formula is C16H19NO3. The Bertz CT molecular complexity index is 538. The molecule has 1 aromatic carbocycles. The predicted octanol–water partition coefficient (Wildman–Crippen LogP) is 1.69. The fourth-order valence-electron chi connectivity index (χ4n) is 2.84. The number of aliphatic hydroxyl groups is 1. The van der Waals surface area contributed by atoms with Gasteiger partial charge in [-0.05, 0) is 30.9 Å². The van der Waals surface area contributed by atoms with Crippen molar-refractivity contribution in [2.24, 2.45) is 5.92 Å². The number of rotatable bonds is 2. The van der Waals surface area contributed by atoms with Crippen LogP contribution in [0.5, 0.6) is 5.75 Å². The summed E-state index contributed by atoms with van der Waals surface area (Å²) < 4.78 is 5.64. The van der Waals surface area contributed by atoms with Crippen molar-refractivity contribution in [1.82, 2.24) is 4.90 Å². The van der Waals surface area contributed by atoms with E-state index in [9.17, 15) is 9.90 Å². The summed E-state index contributed by atoms with van der Waals surface area (Å²) in [7, 11) is 0. The highest BCUT2D eigenvalue weighted by Crippen LogP contribution is 2.27. The molecule has 106 valence electrons. The van der Waals surface area contributed by atoms with Crippen LogP contribution in [-0.2, 0) is 4.79 Å². The average molecular weight is 273 g/mol. The largest absolute Gasteiger partial charge is 0.488 e. The Kier molecular flexibility index (Phi) is 3.74. The number of hydrogen-bond donors (Lipinski definition) is 1. The van der Waals surface area contributed by atoms with Crippen molar-refractivity contribution in [1.29, 1.82) is 0 Å². The molecule has 0 aliphatic carbocycles. The van der Waals surface area contributed by atoms with E-state index in [4.69, 9.17) is 4.74 Å². The van der Waals surface area contributed by atoms with E-state index in [1.165, 1.54) is 0 Å². The van der Waals surface area contributed by atoms with Gasteiger partial charge in [0.05, 0.1) is 5.57 Å². The molecule has 20 heavy (non-hydrogen) atoms. The van der Waals surface area contributed by atoms with E-state index in [1.807, 2.05) is 35.2 Å². The van der Waals surface area contributed by atoms with Crippen LogP contribution >= 0.6 is 0 Å². The Balaban J connectivity index is 1.76. The number of para-hydroxylation sites is 1. The van der Waals surface area contributed by atoms with E-state index in [1.54, 1.807) is 0 Å². The quantitative estimate of drug-likeness (QED) is 0.892. The topological polar surface area (TPSA) is 49.8 Å². The number of fused-ring (bicyclic) bond motifs is 1. The Morgan fingerprint density at radius 1 is 1.40 bits per heavy atom. The van der Waals surface area contributed by atoms with Crippen molar-refractivity contribution in [2.45, 2.75) is 12.8 Å². The maximum atomic E-state index is 12.5. The van der Waals surface area contributed by atoms with Crippen LogP contribution in [0.15, 0.2) is 29.8 Å². The van der Waals surface area contributed by atoms with Gasteiger partial charge < -0.3 is 14.7 Å². The van der Waals surface area contributed by atoms with Gasteiger partial charge in [0.2, 0.25) is 0 Å². The Morgan fingerprint density at radius 2 is 2.25 bits per heavy atom. The van der Waals surface area contributed by atoms with Crippen LogP contribution in [0.2, 0.25) is 0 Å². The highest BCUT2D eigenvalue weighted by atomic mass is 16.5. The van der Waals surface area contributed by atoms with Crippen LogP contribution in [0.25, 0.3) is 6.08 Å². The van der Waals surface area contributed by atoms with Gasteiger partial charge in [-0.3, -0.25) is 4.79 Å². The number of aliphatic hydroxyl groups excluding tert-OH is 1. The maximum Gasteiger partial charge on any atom is 0.253 e. The highest BCUT2D eigenvalue weighted by molar-refractivity contribution is 5.99. The molecule has 2 heterocycles. The number of hydrogen-bond acceptors (Lipinski definition) is 3. The van der Waals surface area contributed by atoms with E-state index in [2.05, 4.69) is 0 Å². The first-order chi connectivity index (χ1) is 9.78. The van der Waals surface area contributed by atoms with E-state index >= 15 is 0 Å². The van der Waals surface area contributed by atoms with Crippen molar-refractivity contribution in [3.63, 3.8) is 0 Å². The number of amides is 1. The fourth-order valence-corrected chi connectivity index (χ4v) is 2.84. The Hall–Kier alpha value is -1.81. The van der Waals surface area contributed by atoms with Crippen molar-refractivity contribution < 1.29 is 14.6 Å². The number of benzene rings is 1. The molecule has 4 heteroatoms. The Labute approximate surface area is 118 Å². The van der Waals surface area contributed by atoms with Crippen LogP contribution < -0.4 is 4.74 Å². The smallest absolute Gasteiger partial charge is 0.253 e. The maximum absolute atomic E-state index is 12.5. The summed E-state index contributed by atoms with van der Waals surface area (Å²) in [6.07, 6.45) is 3.88. The van der Waals surface area contributed by atoms with Gasteiger partial charge in [0.15, 0.2) is 0 Å². The first-order valence-corrected chi connectivity index (χ1v) is 7.10. The van der Waals surface area contributed by atoms with Crippen LogP contribution in [0.4, 0.5) is 0 Å². The van der Waals surface area contributed by atoms with Crippen LogP contribution in [0.3, 0.4) is 0 Å². The summed E-state index contributed by atoms with van der Waals surface area (Å²) in [5, 5.41) is 9.25. The lowest BCUT2D eigenvalue weighted by Crippen LogP contribution is -2.42. The van der Waals surface area contributed by atoms with E-state index in [0.29, 0.717) is 18.7 Å². The van der Waals surface area contributed by atoms with E-state index in [-0.39, 0.29) is 18.4 Å². The molecule has 0 radical (unpaired) electrons. The van der Waals surface area contributed by atoms with Crippen molar-refractivity contribution >= 4 is 12.0 Å². The molecular weight excluding hydrogens is 254 g/mol. The second-order valence-electron chi connectivity index (χ2n) is 5.44. The predicted molar refractivity (Wildman–Crippen MR) is 76.3 cm³/mol. The lowest BCUT2D eigenvalue weighted by atomic mass is 9.98. The molecule has 1 fully saturated rings. The van der Waals surface area contributed by atoms with Gasteiger partial charge in [0, 0.05) is 25.3 Å². The first kappa shape index (κ1) is 13.2. The molecule has 0 spiro atoms. The van der Waals surface area contributed by atoms with Crippen molar-refractivity contribution in [3.8, 4) is 5.75 Å². The lowest BCUT2D eigenvalue weighted by molar-refractivity contribution is -0.129. The van der Waals surface area contributed by atoms with Crippen molar-refractivity contribution in [3.05, 3.63) is 35.4 Å². The molecule has 1 atom stereocenters. The third-order valence-corrected chi connectivity index (χ3v) is 3.97. The monoisotopic (exact) mass is 273 g/mol. The minimum absolute atomic E-state index is 0.0395. The molecule has 2 aliphatic rings. The minimum Gasteiger partial charge on any atom is -0.488 e. The van der Waals surface area contributed by atoms with Gasteiger partial charge in [-0.25, -0.2) is 0 Å². The second-order valence-corrected chi connectivity index (χ2v) is 5.44. The van der Waals surface area contributed by atoms with Gasteiger partial charge in [-0.2, -0.15) is 0 Å². The summed E-state index contributed by atoms with van der Waals surface area (Å²) in [6, 6.07) is 7.73. The molecule has 1 N–H and O–H groups in total. The van der Waals surface area contributed by atoms with Crippen LogP contribution in [0, 0.1) is 5.92 Å². The van der Waals surface area contributed by atoms with Gasteiger partial charge in [0.1, 0.15) is 12.4 Å². The fraction of sp³-hybridized carbons (Fsp3) is 0.438. The zero-order valence-corrected chi connectivity index (χ0v) is 11.4. The van der Waals surface area contributed by atoms with Gasteiger partial charge in [0.25, 0.3) is 5.91 Å². The number of piperidine rings is 1. The van der Waals surface area contributed by atoms with Gasteiger partial charge >= 0.3 is 0 Å². The zero-order chi connectivity index (χ0) is 13.9. The Morgan fingerprint density at radius 3 is 3.10 bits per heavy atom. The first-order valence-electron chi connectivity index (χ1n) is 7.10. The van der Waals surface area contributed by atoms with Gasteiger partial charge in [-0.1, -0.05) is 18.2 Å². The summed E-state index contributed by atoms with van der Waals surface area (Å²) in [6.45, 7) is 1.90. The van der Waals surface area contributed by atoms with Crippen LogP contribution in [0.1, 0.15) is 18.4 Å². The number of nitrogens with zero attached hydrogens (tertiary/aromatic N) is 1. The molecule has 1 amide bonds. The molecule has 0 aromatic heterocycles. The second kappa shape index (κ2) is 5.67. The summed E-state index contributed by atoms with van der Waals surface area (Å²) in [5.74, 6) is 1.08. The summed E-state index contributed by atoms with van der Waals surface area (Å²) >= 11 is 0. The average Bonchev–Trinajstić information content (AvgIpc) is 2.53. The molecule has 1 saturated heterocycles. The standard InChI is InChI=1S/C16H19NO3/c18-10-12-4-3-7-17(9-12)16(19)14-8-13-5-1-2-6-15(13)20-11-14/h1-2,5-6,8,12,18H,3-4,7,9-11H2. The molecule has 0 bridgehead atoms. The van der Waals surface area contributed by atoms with Crippen LogP contribution in [-0.4, -0.2) is 42.2 Å². The van der Waals surface area contributed by atoms with Gasteiger partial charge in [-0.15, -0.1) is 0 Å². The number of carbonyl (C=O) groups excluding carboxylic acids is 1. The molecule has 1 unspecified atom stereocenters. The minimum atomic E-state index is 0.0395. The van der Waals surface area contributed by atoms with E-state index < -0.39 is 0 Å². The molecule has 2 aliphatic heterocycles. The number of carbonyl (C=O) groups is 1. The van der Waals surface area contributed by atoms with E-state index in [0.717, 1.165) is 30.7 Å². The molecule has 3 rings (SSSR count). The highest BCUT2D eigenvalue weighted by Gasteiger charge is 2.26. The number of likely N-dealkylation sites (tertiary alicyclic amines) is 1. The third kappa shape index (κ3) is 2.56. The SMILES string of the molecule is O=C(C1=Cc2ccccc2OC1)N1CCCC(CO)C1. The lowest BCUT2D eigenvalue weighted by Gasteiger charge is -2.33. The summed E-state index contributed by atoms with van der Waals surface area (Å²) in [4.78, 5) is 14.4. The molecule has 0 saturated carbocycles. The third-order valence-electron chi connectivity index (χ3n) is 3.97. The van der Waals surface area contributed by atoms with Crippen molar-refractivity contribution in [2.75, 3.05) is 26.3 Å².